The van der Waals surface area contributed by atoms with Crippen molar-refractivity contribution in [1.29, 1.82) is 0 Å². The minimum Gasteiger partial charge on any atom is -0.337 e. The Balaban J connectivity index is 2.04. The van der Waals surface area contributed by atoms with Gasteiger partial charge in [0.1, 0.15) is 5.69 Å². The van der Waals surface area contributed by atoms with Gasteiger partial charge in [-0.2, -0.15) is 0 Å². The number of carbonyl (C=O) groups is 1. The monoisotopic (exact) mass is 257 g/mol. The highest BCUT2D eigenvalue weighted by molar-refractivity contribution is 5.92. The molecule has 1 amide bonds. The molecule has 0 saturated carbocycles. The maximum Gasteiger partial charge on any atom is 0.272 e. The molecule has 0 radical (unpaired) electrons. The van der Waals surface area contributed by atoms with E-state index in [9.17, 15) is 4.79 Å². The topological polar surface area (TPSA) is 59.2 Å². The van der Waals surface area contributed by atoms with Crippen molar-refractivity contribution >= 4 is 5.91 Å². The number of hydrogen-bond donors (Lipinski definition) is 1. The first kappa shape index (κ1) is 13.6. The Bertz CT molecular complexity index is 498. The lowest BCUT2D eigenvalue weighted by Gasteiger charge is -2.15. The largest absolute Gasteiger partial charge is 0.337 e. The van der Waals surface area contributed by atoms with Crippen LogP contribution in [0.3, 0.4) is 0 Å². The minimum atomic E-state index is 0.0225. The van der Waals surface area contributed by atoms with E-state index >= 15 is 0 Å². The highest BCUT2D eigenvalue weighted by atomic mass is 16.2. The quantitative estimate of drug-likeness (QED) is 0.812. The normalized spacial score (nSPS) is 18.0. The van der Waals surface area contributed by atoms with Crippen molar-refractivity contribution in [3.8, 4) is 11.8 Å². The summed E-state index contributed by atoms with van der Waals surface area (Å²) >= 11 is 0. The molecule has 0 aliphatic carbocycles. The SMILES string of the molecule is CCC1CCN(C(=O)c2ccc(C#CCN)cn2)C1. The highest BCUT2D eigenvalue weighted by Gasteiger charge is 2.26. The van der Waals surface area contributed by atoms with Crippen LogP contribution in [0.1, 0.15) is 35.8 Å². The van der Waals surface area contributed by atoms with E-state index in [2.05, 4.69) is 23.7 Å². The van der Waals surface area contributed by atoms with E-state index in [1.165, 1.54) is 0 Å². The summed E-state index contributed by atoms with van der Waals surface area (Å²) in [6.45, 7) is 4.19. The number of aromatic nitrogens is 1. The van der Waals surface area contributed by atoms with Gasteiger partial charge >= 0.3 is 0 Å². The Morgan fingerprint density at radius 2 is 2.42 bits per heavy atom. The molecule has 2 rings (SSSR count). The number of likely N-dealkylation sites (tertiary alicyclic amines) is 1. The van der Waals surface area contributed by atoms with Crippen LogP contribution in [-0.2, 0) is 0 Å². The number of rotatable bonds is 2. The number of pyridine rings is 1. The lowest BCUT2D eigenvalue weighted by molar-refractivity contribution is 0.0781. The second kappa shape index (κ2) is 6.35. The van der Waals surface area contributed by atoms with E-state index in [0.29, 0.717) is 18.2 Å². The van der Waals surface area contributed by atoms with Gasteiger partial charge in [0.15, 0.2) is 0 Å². The second-order valence-corrected chi connectivity index (χ2v) is 4.75. The lowest BCUT2D eigenvalue weighted by Crippen LogP contribution is -2.29. The van der Waals surface area contributed by atoms with Crippen molar-refractivity contribution in [3.63, 3.8) is 0 Å². The Labute approximate surface area is 114 Å². The van der Waals surface area contributed by atoms with E-state index in [0.717, 1.165) is 31.5 Å². The van der Waals surface area contributed by atoms with E-state index in [1.54, 1.807) is 12.3 Å². The Hall–Kier alpha value is -1.86. The van der Waals surface area contributed by atoms with Crippen LogP contribution in [-0.4, -0.2) is 35.4 Å². The summed E-state index contributed by atoms with van der Waals surface area (Å²) in [4.78, 5) is 18.3. The van der Waals surface area contributed by atoms with Crippen molar-refractivity contribution in [2.24, 2.45) is 11.7 Å². The molecule has 1 unspecified atom stereocenters. The molecular formula is C15H19N3O. The molecule has 1 aromatic rings. The van der Waals surface area contributed by atoms with Gasteiger partial charge in [-0.15, -0.1) is 0 Å². The van der Waals surface area contributed by atoms with Crippen molar-refractivity contribution in [1.82, 2.24) is 9.88 Å². The molecule has 1 aliphatic rings. The molecule has 2 N–H and O–H groups in total. The number of carbonyl (C=O) groups excluding carboxylic acids is 1. The van der Waals surface area contributed by atoms with Crippen molar-refractivity contribution in [2.75, 3.05) is 19.6 Å². The van der Waals surface area contributed by atoms with Crippen molar-refractivity contribution in [2.45, 2.75) is 19.8 Å². The summed E-state index contributed by atoms with van der Waals surface area (Å²) in [5.74, 6) is 6.32. The zero-order valence-electron chi connectivity index (χ0n) is 11.2. The van der Waals surface area contributed by atoms with Gasteiger partial charge in [0, 0.05) is 24.8 Å². The molecular weight excluding hydrogens is 238 g/mol. The summed E-state index contributed by atoms with van der Waals surface area (Å²) in [6.07, 6.45) is 3.86. The van der Waals surface area contributed by atoms with Crippen LogP contribution in [0.2, 0.25) is 0 Å². The molecule has 19 heavy (non-hydrogen) atoms. The highest BCUT2D eigenvalue weighted by Crippen LogP contribution is 2.20. The van der Waals surface area contributed by atoms with Gasteiger partial charge in [-0.3, -0.25) is 4.79 Å². The fourth-order valence-corrected chi connectivity index (χ4v) is 2.26. The fraction of sp³-hybridized carbons (Fsp3) is 0.467. The molecule has 0 bridgehead atoms. The van der Waals surface area contributed by atoms with Gasteiger partial charge in [-0.05, 0) is 24.5 Å². The molecule has 100 valence electrons. The van der Waals surface area contributed by atoms with E-state index in [-0.39, 0.29) is 5.91 Å². The van der Waals surface area contributed by atoms with E-state index < -0.39 is 0 Å². The van der Waals surface area contributed by atoms with Crippen LogP contribution in [0.5, 0.6) is 0 Å². The molecule has 0 spiro atoms. The van der Waals surface area contributed by atoms with Gasteiger partial charge in [0.25, 0.3) is 5.91 Å². The molecule has 4 nitrogen and oxygen atoms in total. The second-order valence-electron chi connectivity index (χ2n) is 4.75. The number of amides is 1. The average Bonchev–Trinajstić information content (AvgIpc) is 2.94. The number of nitrogens with zero attached hydrogens (tertiary/aromatic N) is 2. The third-order valence-electron chi connectivity index (χ3n) is 3.47. The van der Waals surface area contributed by atoms with E-state index in [4.69, 9.17) is 5.73 Å². The fourth-order valence-electron chi connectivity index (χ4n) is 2.26. The predicted molar refractivity (Wildman–Crippen MR) is 74.5 cm³/mol. The van der Waals surface area contributed by atoms with Crippen LogP contribution in [0.25, 0.3) is 0 Å². The molecule has 1 fully saturated rings. The maximum absolute atomic E-state index is 12.2. The van der Waals surface area contributed by atoms with Gasteiger partial charge in [-0.1, -0.05) is 25.2 Å². The maximum atomic E-state index is 12.2. The molecule has 0 aromatic carbocycles. The summed E-state index contributed by atoms with van der Waals surface area (Å²) in [5.41, 5.74) is 6.59. The van der Waals surface area contributed by atoms with Crippen LogP contribution >= 0.6 is 0 Å². The number of nitrogens with two attached hydrogens (primary N) is 1. The molecule has 1 saturated heterocycles. The van der Waals surface area contributed by atoms with Crippen molar-refractivity contribution in [3.05, 3.63) is 29.6 Å². The van der Waals surface area contributed by atoms with Gasteiger partial charge in [0.05, 0.1) is 6.54 Å². The number of hydrogen-bond acceptors (Lipinski definition) is 3. The molecule has 1 aromatic heterocycles. The molecule has 1 aliphatic heterocycles. The third kappa shape index (κ3) is 3.33. The lowest BCUT2D eigenvalue weighted by atomic mass is 10.1. The average molecular weight is 257 g/mol. The summed E-state index contributed by atoms with van der Waals surface area (Å²) in [6, 6.07) is 3.55. The zero-order valence-corrected chi connectivity index (χ0v) is 11.2. The van der Waals surface area contributed by atoms with E-state index in [1.807, 2.05) is 11.0 Å². The first-order valence-corrected chi connectivity index (χ1v) is 6.69. The Morgan fingerprint density at radius 1 is 1.58 bits per heavy atom. The van der Waals surface area contributed by atoms with Crippen molar-refractivity contribution < 1.29 is 4.79 Å². The zero-order chi connectivity index (χ0) is 13.7. The minimum absolute atomic E-state index is 0.0225. The first-order valence-electron chi connectivity index (χ1n) is 6.69. The standard InChI is InChI=1S/C15H19N3O/c1-2-12-7-9-18(11-12)15(19)14-6-5-13(10-17-14)4-3-8-16/h5-6,10,12H,2,7-9,11,16H2,1H3. The predicted octanol–water partition coefficient (Wildman–Crippen LogP) is 1.26. The van der Waals surface area contributed by atoms with Crippen LogP contribution in [0.4, 0.5) is 0 Å². The van der Waals surface area contributed by atoms with Gasteiger partial charge in [-0.25, -0.2) is 4.98 Å². The summed E-state index contributed by atoms with van der Waals surface area (Å²) in [7, 11) is 0. The van der Waals surface area contributed by atoms with Crippen LogP contribution in [0, 0.1) is 17.8 Å². The Kier molecular flexibility index (Phi) is 4.53. The third-order valence-corrected chi connectivity index (χ3v) is 3.47. The van der Waals surface area contributed by atoms with Crippen LogP contribution < -0.4 is 5.73 Å². The molecule has 1 atom stereocenters. The summed E-state index contributed by atoms with van der Waals surface area (Å²) < 4.78 is 0. The first-order chi connectivity index (χ1) is 9.24. The van der Waals surface area contributed by atoms with Crippen LogP contribution in [0.15, 0.2) is 18.3 Å². The van der Waals surface area contributed by atoms with Gasteiger partial charge < -0.3 is 10.6 Å². The molecule has 2 heterocycles. The van der Waals surface area contributed by atoms with Gasteiger partial charge in [0.2, 0.25) is 0 Å². The molecule has 4 heteroatoms. The smallest absolute Gasteiger partial charge is 0.272 e. The summed E-state index contributed by atoms with van der Waals surface area (Å²) in [5, 5.41) is 0. The Morgan fingerprint density at radius 3 is 3.00 bits per heavy atom.